The molecule has 1 amide bonds. The zero-order valence-corrected chi connectivity index (χ0v) is 14.7. The summed E-state index contributed by atoms with van der Waals surface area (Å²) in [5.74, 6) is 1.28. The Kier molecular flexibility index (Phi) is 4.39. The van der Waals surface area contributed by atoms with Crippen molar-refractivity contribution in [3.8, 4) is 0 Å². The summed E-state index contributed by atoms with van der Waals surface area (Å²) >= 11 is 5.95. The second-order valence-electron chi connectivity index (χ2n) is 7.23. The minimum Gasteiger partial charge on any atom is -0.381 e. The third kappa shape index (κ3) is 2.88. The highest BCUT2D eigenvalue weighted by Gasteiger charge is 2.50. The molecule has 130 valence electrons. The molecule has 6 heteroatoms. The highest BCUT2D eigenvalue weighted by molar-refractivity contribution is 6.30. The topological polar surface area (TPSA) is 45.7 Å². The van der Waals surface area contributed by atoms with Crippen LogP contribution in [0.25, 0.3) is 0 Å². The fourth-order valence-electron chi connectivity index (χ4n) is 4.45. The molecule has 0 saturated carbocycles. The van der Waals surface area contributed by atoms with Crippen LogP contribution in [-0.4, -0.2) is 54.7 Å². The number of aromatic nitrogens is 1. The summed E-state index contributed by atoms with van der Waals surface area (Å²) in [4.78, 5) is 22.1. The predicted octanol–water partition coefficient (Wildman–Crippen LogP) is 2.73. The number of pyridine rings is 1. The summed E-state index contributed by atoms with van der Waals surface area (Å²) < 4.78 is 5.45. The molecule has 5 nitrogen and oxygen atoms in total. The lowest BCUT2D eigenvalue weighted by molar-refractivity contribution is -0.139. The number of carbonyl (C=O) groups is 1. The number of piperidine rings is 1. The van der Waals surface area contributed by atoms with Crippen molar-refractivity contribution in [3.05, 3.63) is 23.4 Å². The van der Waals surface area contributed by atoms with Gasteiger partial charge in [0.25, 0.3) is 0 Å². The van der Waals surface area contributed by atoms with Crippen LogP contribution < -0.4 is 4.90 Å². The second kappa shape index (κ2) is 6.52. The highest BCUT2D eigenvalue weighted by Crippen LogP contribution is 2.42. The first-order valence-corrected chi connectivity index (χ1v) is 9.31. The van der Waals surface area contributed by atoms with Gasteiger partial charge in [-0.1, -0.05) is 11.6 Å². The Labute approximate surface area is 147 Å². The van der Waals surface area contributed by atoms with E-state index in [0.717, 1.165) is 70.8 Å². The lowest BCUT2D eigenvalue weighted by Gasteiger charge is -2.40. The Morgan fingerprint density at radius 1 is 1.21 bits per heavy atom. The standard InChI is InChI=1S/C18H24ClN3O2/c19-14-2-3-16(20-12-14)21-8-1-6-18(13-21)7-9-22(17(18)23)15-4-10-24-11-5-15/h2-3,12,15H,1,4-11,13H2/t18-/m0/s1. The molecule has 3 aliphatic rings. The molecule has 1 spiro atoms. The molecule has 24 heavy (non-hydrogen) atoms. The summed E-state index contributed by atoms with van der Waals surface area (Å²) in [5, 5.41) is 0.646. The maximum Gasteiger partial charge on any atom is 0.230 e. The monoisotopic (exact) mass is 349 g/mol. The van der Waals surface area contributed by atoms with Crippen molar-refractivity contribution in [1.29, 1.82) is 0 Å². The van der Waals surface area contributed by atoms with Crippen molar-refractivity contribution in [2.24, 2.45) is 5.41 Å². The average molecular weight is 350 g/mol. The summed E-state index contributed by atoms with van der Waals surface area (Å²) in [6.45, 7) is 4.19. The molecule has 0 aliphatic carbocycles. The van der Waals surface area contributed by atoms with Crippen molar-refractivity contribution in [2.45, 2.75) is 38.1 Å². The van der Waals surface area contributed by atoms with E-state index in [1.165, 1.54) is 0 Å². The molecule has 0 radical (unpaired) electrons. The minimum atomic E-state index is -0.224. The SMILES string of the molecule is O=C1N(C2CCOCC2)CC[C@]12CCCN(c1ccc(Cl)cn1)C2. The van der Waals surface area contributed by atoms with Gasteiger partial charge in [-0.05, 0) is 44.2 Å². The zero-order valence-electron chi connectivity index (χ0n) is 13.9. The quantitative estimate of drug-likeness (QED) is 0.823. The number of nitrogens with zero attached hydrogens (tertiary/aromatic N) is 3. The Hall–Kier alpha value is -1.33. The van der Waals surface area contributed by atoms with Gasteiger partial charge < -0.3 is 14.5 Å². The van der Waals surface area contributed by atoms with E-state index in [1.807, 2.05) is 12.1 Å². The fourth-order valence-corrected chi connectivity index (χ4v) is 4.57. The first-order valence-electron chi connectivity index (χ1n) is 8.93. The van der Waals surface area contributed by atoms with Gasteiger partial charge >= 0.3 is 0 Å². The number of hydrogen-bond donors (Lipinski definition) is 0. The van der Waals surface area contributed by atoms with E-state index in [-0.39, 0.29) is 5.41 Å². The lowest BCUT2D eigenvalue weighted by Crippen LogP contribution is -2.50. The Morgan fingerprint density at radius 3 is 2.79 bits per heavy atom. The largest absolute Gasteiger partial charge is 0.381 e. The van der Waals surface area contributed by atoms with E-state index in [9.17, 15) is 4.79 Å². The van der Waals surface area contributed by atoms with Crippen molar-refractivity contribution >= 4 is 23.3 Å². The molecule has 0 N–H and O–H groups in total. The van der Waals surface area contributed by atoms with E-state index < -0.39 is 0 Å². The van der Waals surface area contributed by atoms with E-state index in [1.54, 1.807) is 6.20 Å². The van der Waals surface area contributed by atoms with Crippen molar-refractivity contribution in [3.63, 3.8) is 0 Å². The molecule has 0 bridgehead atoms. The number of halogens is 1. The predicted molar refractivity (Wildman–Crippen MR) is 93.3 cm³/mol. The molecular weight excluding hydrogens is 326 g/mol. The van der Waals surface area contributed by atoms with Gasteiger partial charge in [0.2, 0.25) is 5.91 Å². The molecule has 1 aromatic heterocycles. The third-order valence-corrected chi connectivity index (χ3v) is 6.01. The van der Waals surface area contributed by atoms with E-state index >= 15 is 0 Å². The summed E-state index contributed by atoms with van der Waals surface area (Å²) in [6.07, 6.45) is 6.64. The maximum absolute atomic E-state index is 13.2. The molecule has 3 aliphatic heterocycles. The lowest BCUT2D eigenvalue weighted by atomic mass is 9.78. The molecule has 0 aromatic carbocycles. The molecular formula is C18H24ClN3O2. The van der Waals surface area contributed by atoms with Gasteiger partial charge in [0.1, 0.15) is 5.82 Å². The van der Waals surface area contributed by atoms with Crippen molar-refractivity contribution in [2.75, 3.05) is 37.7 Å². The van der Waals surface area contributed by atoms with E-state index in [2.05, 4.69) is 14.8 Å². The zero-order chi connectivity index (χ0) is 16.6. The van der Waals surface area contributed by atoms with E-state index in [0.29, 0.717) is 17.0 Å². The summed E-state index contributed by atoms with van der Waals surface area (Å²) in [5.41, 5.74) is -0.224. The Balaban J connectivity index is 1.50. The van der Waals surface area contributed by atoms with Crippen LogP contribution in [0.5, 0.6) is 0 Å². The highest BCUT2D eigenvalue weighted by atomic mass is 35.5. The number of anilines is 1. The van der Waals surface area contributed by atoms with Crippen LogP contribution in [0, 0.1) is 5.41 Å². The second-order valence-corrected chi connectivity index (χ2v) is 7.67. The fraction of sp³-hybridized carbons (Fsp3) is 0.667. The maximum atomic E-state index is 13.2. The summed E-state index contributed by atoms with van der Waals surface area (Å²) in [7, 11) is 0. The van der Waals surface area contributed by atoms with Gasteiger partial charge in [0.05, 0.1) is 10.4 Å². The van der Waals surface area contributed by atoms with Crippen LogP contribution in [0.4, 0.5) is 5.82 Å². The number of hydrogen-bond acceptors (Lipinski definition) is 4. The number of ether oxygens (including phenoxy) is 1. The van der Waals surface area contributed by atoms with Crippen LogP contribution in [0.2, 0.25) is 5.02 Å². The number of likely N-dealkylation sites (tertiary alicyclic amines) is 1. The molecule has 4 rings (SSSR count). The number of rotatable bonds is 2. The normalized spacial score (nSPS) is 28.8. The molecule has 3 fully saturated rings. The molecule has 1 aromatic rings. The Morgan fingerprint density at radius 2 is 2.04 bits per heavy atom. The molecule has 4 heterocycles. The van der Waals surface area contributed by atoms with Gasteiger partial charge in [-0.25, -0.2) is 4.98 Å². The van der Waals surface area contributed by atoms with Crippen LogP contribution in [0.3, 0.4) is 0 Å². The molecule has 1 atom stereocenters. The van der Waals surface area contributed by atoms with Gasteiger partial charge in [-0.15, -0.1) is 0 Å². The first kappa shape index (κ1) is 16.2. The smallest absolute Gasteiger partial charge is 0.230 e. The van der Waals surface area contributed by atoms with Crippen molar-refractivity contribution < 1.29 is 9.53 Å². The first-order chi connectivity index (χ1) is 11.7. The van der Waals surface area contributed by atoms with Gasteiger partial charge in [0.15, 0.2) is 0 Å². The molecule has 3 saturated heterocycles. The molecule has 0 unspecified atom stereocenters. The van der Waals surface area contributed by atoms with Crippen molar-refractivity contribution in [1.82, 2.24) is 9.88 Å². The average Bonchev–Trinajstić information content (AvgIpc) is 2.93. The van der Waals surface area contributed by atoms with Crippen LogP contribution in [0.15, 0.2) is 18.3 Å². The summed E-state index contributed by atoms with van der Waals surface area (Å²) in [6, 6.07) is 4.20. The van der Waals surface area contributed by atoms with E-state index in [4.69, 9.17) is 16.3 Å². The van der Waals surface area contributed by atoms with Gasteiger partial charge in [-0.3, -0.25) is 4.79 Å². The van der Waals surface area contributed by atoms with Crippen LogP contribution in [0.1, 0.15) is 32.1 Å². The third-order valence-electron chi connectivity index (χ3n) is 5.79. The van der Waals surface area contributed by atoms with Gasteiger partial charge in [0, 0.05) is 45.1 Å². The number of amides is 1. The van der Waals surface area contributed by atoms with Gasteiger partial charge in [-0.2, -0.15) is 0 Å². The Bertz CT molecular complexity index is 603. The minimum absolute atomic E-state index is 0.224. The number of carbonyl (C=O) groups excluding carboxylic acids is 1. The van der Waals surface area contributed by atoms with Crippen LogP contribution in [-0.2, 0) is 9.53 Å². The van der Waals surface area contributed by atoms with Crippen LogP contribution >= 0.6 is 11.6 Å².